The standard InChI is InChI=1S/C19H18ClN3O6/c20-16-6-1-13(11-17(16)23(26)27)19(25)29-12-18(24)21-14-2-4-15(5-3-14)22-7-9-28-10-8-22/h1-6,11H,7-10,12H2,(H,21,24). The number of esters is 1. The van der Waals surface area contributed by atoms with E-state index in [1.54, 1.807) is 12.1 Å². The lowest BCUT2D eigenvalue weighted by atomic mass is 10.2. The minimum absolute atomic E-state index is 0.0660. The van der Waals surface area contributed by atoms with E-state index in [2.05, 4.69) is 10.2 Å². The molecule has 2 aromatic rings. The number of benzene rings is 2. The second-order valence-electron chi connectivity index (χ2n) is 6.19. The number of nitrogens with one attached hydrogen (secondary N) is 1. The highest BCUT2D eigenvalue weighted by molar-refractivity contribution is 6.32. The highest BCUT2D eigenvalue weighted by atomic mass is 35.5. The molecule has 1 fully saturated rings. The van der Waals surface area contributed by atoms with Crippen LogP contribution in [0, 0.1) is 10.1 Å². The summed E-state index contributed by atoms with van der Waals surface area (Å²) >= 11 is 5.71. The number of halogens is 1. The van der Waals surface area contributed by atoms with Gasteiger partial charge in [-0.2, -0.15) is 0 Å². The lowest BCUT2D eigenvalue weighted by molar-refractivity contribution is -0.384. The molecule has 10 heteroatoms. The maximum atomic E-state index is 12.0. The van der Waals surface area contributed by atoms with Crippen LogP contribution in [0.15, 0.2) is 42.5 Å². The van der Waals surface area contributed by atoms with Crippen molar-refractivity contribution in [3.63, 3.8) is 0 Å². The number of ether oxygens (including phenoxy) is 2. The predicted octanol–water partition coefficient (Wildman–Crippen LogP) is 2.88. The van der Waals surface area contributed by atoms with Gasteiger partial charge in [-0.15, -0.1) is 0 Å². The third-order valence-electron chi connectivity index (χ3n) is 4.24. The number of nitro groups is 1. The molecule has 0 aromatic heterocycles. The third-order valence-corrected chi connectivity index (χ3v) is 4.56. The molecule has 1 amide bonds. The Morgan fingerprint density at radius 3 is 2.52 bits per heavy atom. The van der Waals surface area contributed by atoms with Gasteiger partial charge < -0.3 is 19.7 Å². The van der Waals surface area contributed by atoms with Gasteiger partial charge >= 0.3 is 5.97 Å². The summed E-state index contributed by atoms with van der Waals surface area (Å²) < 4.78 is 10.2. The van der Waals surface area contributed by atoms with Crippen LogP contribution < -0.4 is 10.2 Å². The van der Waals surface area contributed by atoms with Crippen molar-refractivity contribution in [2.75, 3.05) is 43.1 Å². The molecule has 9 nitrogen and oxygen atoms in total. The second-order valence-corrected chi connectivity index (χ2v) is 6.60. The van der Waals surface area contributed by atoms with E-state index in [-0.39, 0.29) is 10.6 Å². The van der Waals surface area contributed by atoms with E-state index in [1.807, 2.05) is 12.1 Å². The Hall–Kier alpha value is -3.17. The summed E-state index contributed by atoms with van der Waals surface area (Å²) in [4.78, 5) is 36.4. The molecule has 1 saturated heterocycles. The predicted molar refractivity (Wildman–Crippen MR) is 106 cm³/mol. The number of hydrogen-bond donors (Lipinski definition) is 1. The average Bonchev–Trinajstić information content (AvgIpc) is 2.73. The van der Waals surface area contributed by atoms with E-state index < -0.39 is 29.1 Å². The van der Waals surface area contributed by atoms with Crippen LogP contribution in [0.5, 0.6) is 0 Å². The topological polar surface area (TPSA) is 111 Å². The maximum Gasteiger partial charge on any atom is 0.338 e. The summed E-state index contributed by atoms with van der Waals surface area (Å²) in [6.45, 7) is 2.46. The Morgan fingerprint density at radius 2 is 1.86 bits per heavy atom. The van der Waals surface area contributed by atoms with Gasteiger partial charge in [0.05, 0.1) is 23.7 Å². The minimum atomic E-state index is -0.859. The minimum Gasteiger partial charge on any atom is -0.452 e. The van der Waals surface area contributed by atoms with Crippen molar-refractivity contribution in [1.82, 2.24) is 0 Å². The fourth-order valence-electron chi connectivity index (χ4n) is 2.77. The van der Waals surface area contributed by atoms with Crippen molar-refractivity contribution in [3.8, 4) is 0 Å². The number of nitro benzene ring substituents is 1. The summed E-state index contributed by atoms with van der Waals surface area (Å²) in [5.41, 5.74) is 1.11. The first kappa shape index (κ1) is 20.6. The average molecular weight is 420 g/mol. The maximum absolute atomic E-state index is 12.0. The Labute approximate surface area is 171 Å². The Balaban J connectivity index is 1.52. The van der Waals surface area contributed by atoms with Gasteiger partial charge in [0.15, 0.2) is 6.61 Å². The van der Waals surface area contributed by atoms with E-state index in [1.165, 1.54) is 12.1 Å². The van der Waals surface area contributed by atoms with Crippen molar-refractivity contribution >= 4 is 40.5 Å². The molecule has 1 aliphatic heterocycles. The van der Waals surface area contributed by atoms with E-state index in [0.717, 1.165) is 24.8 Å². The Morgan fingerprint density at radius 1 is 1.17 bits per heavy atom. The molecule has 0 bridgehead atoms. The smallest absolute Gasteiger partial charge is 0.338 e. The Kier molecular flexibility index (Phi) is 6.63. The molecule has 1 aliphatic rings. The van der Waals surface area contributed by atoms with Gasteiger partial charge in [-0.1, -0.05) is 11.6 Å². The van der Waals surface area contributed by atoms with Crippen LogP contribution in [0.2, 0.25) is 5.02 Å². The first-order valence-electron chi connectivity index (χ1n) is 8.78. The number of anilines is 2. The molecular weight excluding hydrogens is 402 g/mol. The van der Waals surface area contributed by atoms with Gasteiger partial charge in [0.1, 0.15) is 5.02 Å². The summed E-state index contributed by atoms with van der Waals surface area (Å²) in [5, 5.41) is 13.4. The highest BCUT2D eigenvalue weighted by Crippen LogP contribution is 2.25. The number of rotatable bonds is 6. The summed E-state index contributed by atoms with van der Waals surface area (Å²) in [5.74, 6) is -1.39. The number of morpholine rings is 1. The zero-order chi connectivity index (χ0) is 20.8. The van der Waals surface area contributed by atoms with Crippen molar-refractivity contribution in [2.24, 2.45) is 0 Å². The molecule has 0 saturated carbocycles. The van der Waals surface area contributed by atoms with Crippen molar-refractivity contribution in [2.45, 2.75) is 0 Å². The number of carbonyl (C=O) groups is 2. The van der Waals surface area contributed by atoms with E-state index in [9.17, 15) is 19.7 Å². The highest BCUT2D eigenvalue weighted by Gasteiger charge is 2.18. The lowest BCUT2D eigenvalue weighted by Crippen LogP contribution is -2.36. The molecule has 0 spiro atoms. The Bertz CT molecular complexity index is 913. The summed E-state index contributed by atoms with van der Waals surface area (Å²) in [6.07, 6.45) is 0. The van der Waals surface area contributed by atoms with Crippen molar-refractivity contribution in [3.05, 3.63) is 63.2 Å². The number of amides is 1. The largest absolute Gasteiger partial charge is 0.452 e. The van der Waals surface area contributed by atoms with Crippen LogP contribution in [0.1, 0.15) is 10.4 Å². The second kappa shape index (κ2) is 9.35. The fraction of sp³-hybridized carbons (Fsp3) is 0.263. The third kappa shape index (κ3) is 5.43. The van der Waals surface area contributed by atoms with Crippen LogP contribution in [-0.4, -0.2) is 49.7 Å². The van der Waals surface area contributed by atoms with E-state index in [0.29, 0.717) is 18.9 Å². The van der Waals surface area contributed by atoms with Crippen molar-refractivity contribution < 1.29 is 24.0 Å². The number of hydrogen-bond acceptors (Lipinski definition) is 7. The van der Waals surface area contributed by atoms with E-state index in [4.69, 9.17) is 21.1 Å². The van der Waals surface area contributed by atoms with Crippen LogP contribution in [0.3, 0.4) is 0 Å². The zero-order valence-electron chi connectivity index (χ0n) is 15.3. The van der Waals surface area contributed by atoms with Crippen molar-refractivity contribution in [1.29, 1.82) is 0 Å². The van der Waals surface area contributed by atoms with Crippen LogP contribution in [0.25, 0.3) is 0 Å². The first-order chi connectivity index (χ1) is 13.9. The molecule has 152 valence electrons. The molecule has 0 aliphatic carbocycles. The van der Waals surface area contributed by atoms with Gasteiger partial charge in [0.25, 0.3) is 11.6 Å². The van der Waals surface area contributed by atoms with Crippen LogP contribution >= 0.6 is 11.6 Å². The zero-order valence-corrected chi connectivity index (χ0v) is 16.1. The van der Waals surface area contributed by atoms with Gasteiger partial charge in [-0.05, 0) is 36.4 Å². The fourth-order valence-corrected chi connectivity index (χ4v) is 2.95. The van der Waals surface area contributed by atoms with E-state index >= 15 is 0 Å². The normalized spacial score (nSPS) is 13.6. The monoisotopic (exact) mass is 419 g/mol. The molecule has 0 unspecified atom stereocenters. The van der Waals surface area contributed by atoms with Gasteiger partial charge in [0, 0.05) is 30.5 Å². The SMILES string of the molecule is O=C(COC(=O)c1ccc(Cl)c([N+](=O)[O-])c1)Nc1ccc(N2CCOCC2)cc1. The van der Waals surface area contributed by atoms with Crippen LogP contribution in [-0.2, 0) is 14.3 Å². The molecule has 0 atom stereocenters. The lowest BCUT2D eigenvalue weighted by Gasteiger charge is -2.28. The first-order valence-corrected chi connectivity index (χ1v) is 9.15. The van der Waals surface area contributed by atoms with Crippen LogP contribution in [0.4, 0.5) is 17.1 Å². The van der Waals surface area contributed by atoms with Gasteiger partial charge in [-0.3, -0.25) is 14.9 Å². The molecular formula is C19H18ClN3O6. The van der Waals surface area contributed by atoms with Gasteiger partial charge in [0.2, 0.25) is 0 Å². The molecule has 29 heavy (non-hydrogen) atoms. The molecule has 3 rings (SSSR count). The summed E-state index contributed by atoms with van der Waals surface area (Å²) in [7, 11) is 0. The number of nitrogens with zero attached hydrogens (tertiary/aromatic N) is 2. The summed E-state index contributed by atoms with van der Waals surface area (Å²) in [6, 6.07) is 10.8. The molecule has 2 aromatic carbocycles. The molecule has 0 radical (unpaired) electrons. The molecule has 1 N–H and O–H groups in total. The van der Waals surface area contributed by atoms with Gasteiger partial charge in [-0.25, -0.2) is 4.79 Å². The molecule has 1 heterocycles. The number of carbonyl (C=O) groups excluding carboxylic acids is 2. The quantitative estimate of drug-likeness (QED) is 0.435.